The highest BCUT2D eigenvalue weighted by molar-refractivity contribution is 6.02. The SMILES string of the molecule is Cc1ccnc(-c2ccc(NC(=O)c3cc(C)[nH]n3)cc2)n1. The van der Waals surface area contributed by atoms with Gasteiger partial charge in [-0.3, -0.25) is 9.89 Å². The van der Waals surface area contributed by atoms with E-state index in [1.807, 2.05) is 44.2 Å². The number of nitrogens with one attached hydrogen (secondary N) is 2. The Bertz CT molecular complexity index is 807. The number of carbonyl (C=O) groups is 1. The summed E-state index contributed by atoms with van der Waals surface area (Å²) in [6.07, 6.45) is 1.73. The number of rotatable bonds is 3. The summed E-state index contributed by atoms with van der Waals surface area (Å²) in [4.78, 5) is 20.6. The fourth-order valence-corrected chi connectivity index (χ4v) is 2.02. The largest absolute Gasteiger partial charge is 0.321 e. The molecule has 2 N–H and O–H groups in total. The maximum absolute atomic E-state index is 12.0. The number of aromatic amines is 1. The van der Waals surface area contributed by atoms with E-state index in [1.165, 1.54) is 0 Å². The smallest absolute Gasteiger partial charge is 0.276 e. The van der Waals surface area contributed by atoms with Crippen LogP contribution in [0, 0.1) is 13.8 Å². The molecule has 0 spiro atoms. The molecule has 0 saturated carbocycles. The van der Waals surface area contributed by atoms with Crippen molar-refractivity contribution in [2.75, 3.05) is 5.32 Å². The molecule has 0 bridgehead atoms. The summed E-state index contributed by atoms with van der Waals surface area (Å²) in [5.41, 5.74) is 3.72. The molecule has 3 rings (SSSR count). The average Bonchev–Trinajstić information content (AvgIpc) is 2.95. The van der Waals surface area contributed by atoms with E-state index in [0.717, 1.165) is 17.0 Å². The van der Waals surface area contributed by atoms with Crippen molar-refractivity contribution in [2.24, 2.45) is 0 Å². The van der Waals surface area contributed by atoms with Gasteiger partial charge in [0.15, 0.2) is 11.5 Å². The first-order valence-corrected chi connectivity index (χ1v) is 6.85. The van der Waals surface area contributed by atoms with Gasteiger partial charge in [0.05, 0.1) is 0 Å². The van der Waals surface area contributed by atoms with Crippen LogP contribution in [0.15, 0.2) is 42.6 Å². The Morgan fingerprint density at radius 1 is 1.14 bits per heavy atom. The number of nitrogens with zero attached hydrogens (tertiary/aromatic N) is 3. The van der Waals surface area contributed by atoms with E-state index in [4.69, 9.17) is 0 Å². The second kappa shape index (κ2) is 5.77. The fourth-order valence-electron chi connectivity index (χ4n) is 2.02. The van der Waals surface area contributed by atoms with Crippen LogP contribution in [0.25, 0.3) is 11.4 Å². The van der Waals surface area contributed by atoms with Crippen molar-refractivity contribution in [3.05, 3.63) is 59.7 Å². The van der Waals surface area contributed by atoms with Crippen molar-refractivity contribution in [1.29, 1.82) is 0 Å². The van der Waals surface area contributed by atoms with Crippen molar-refractivity contribution in [2.45, 2.75) is 13.8 Å². The second-order valence-electron chi connectivity index (χ2n) is 4.99. The van der Waals surface area contributed by atoms with Gasteiger partial charge in [-0.05, 0) is 50.2 Å². The molecular formula is C16H15N5O. The molecule has 2 heterocycles. The van der Waals surface area contributed by atoms with Crippen molar-refractivity contribution >= 4 is 11.6 Å². The minimum atomic E-state index is -0.246. The molecule has 2 aromatic heterocycles. The number of hydrogen-bond acceptors (Lipinski definition) is 4. The second-order valence-corrected chi connectivity index (χ2v) is 4.99. The van der Waals surface area contributed by atoms with Gasteiger partial charge in [-0.15, -0.1) is 0 Å². The zero-order chi connectivity index (χ0) is 15.5. The number of H-pyrrole nitrogens is 1. The molecule has 22 heavy (non-hydrogen) atoms. The molecule has 6 nitrogen and oxygen atoms in total. The highest BCUT2D eigenvalue weighted by atomic mass is 16.1. The predicted molar refractivity (Wildman–Crippen MR) is 83.5 cm³/mol. The summed E-state index contributed by atoms with van der Waals surface area (Å²) in [7, 11) is 0. The lowest BCUT2D eigenvalue weighted by Gasteiger charge is -2.05. The van der Waals surface area contributed by atoms with Gasteiger partial charge in [0, 0.05) is 28.8 Å². The van der Waals surface area contributed by atoms with Crippen LogP contribution in [-0.2, 0) is 0 Å². The Labute approximate surface area is 127 Å². The highest BCUT2D eigenvalue weighted by Crippen LogP contribution is 2.18. The van der Waals surface area contributed by atoms with Gasteiger partial charge >= 0.3 is 0 Å². The van der Waals surface area contributed by atoms with Crippen LogP contribution in [0.3, 0.4) is 0 Å². The van der Waals surface area contributed by atoms with E-state index in [1.54, 1.807) is 12.3 Å². The Balaban J connectivity index is 1.76. The number of amides is 1. The Morgan fingerprint density at radius 3 is 2.55 bits per heavy atom. The van der Waals surface area contributed by atoms with Crippen molar-refractivity contribution < 1.29 is 4.79 Å². The highest BCUT2D eigenvalue weighted by Gasteiger charge is 2.09. The van der Waals surface area contributed by atoms with Gasteiger partial charge in [0.1, 0.15) is 0 Å². The van der Waals surface area contributed by atoms with E-state index in [-0.39, 0.29) is 5.91 Å². The third kappa shape index (κ3) is 3.01. The van der Waals surface area contributed by atoms with E-state index in [2.05, 4.69) is 25.5 Å². The Kier molecular flexibility index (Phi) is 3.65. The average molecular weight is 293 g/mol. The molecule has 0 atom stereocenters. The summed E-state index contributed by atoms with van der Waals surface area (Å²) in [5.74, 6) is 0.421. The lowest BCUT2D eigenvalue weighted by Crippen LogP contribution is -2.12. The number of aromatic nitrogens is 4. The molecule has 1 amide bonds. The van der Waals surface area contributed by atoms with E-state index < -0.39 is 0 Å². The minimum Gasteiger partial charge on any atom is -0.321 e. The molecule has 0 aliphatic carbocycles. The lowest BCUT2D eigenvalue weighted by atomic mass is 10.2. The third-order valence-electron chi connectivity index (χ3n) is 3.13. The van der Waals surface area contributed by atoms with Crippen LogP contribution >= 0.6 is 0 Å². The zero-order valence-corrected chi connectivity index (χ0v) is 12.3. The molecule has 0 radical (unpaired) electrons. The zero-order valence-electron chi connectivity index (χ0n) is 12.3. The van der Waals surface area contributed by atoms with Crippen molar-refractivity contribution in [3.63, 3.8) is 0 Å². The molecule has 6 heteroatoms. The predicted octanol–water partition coefficient (Wildman–Crippen LogP) is 2.74. The number of hydrogen-bond donors (Lipinski definition) is 2. The normalized spacial score (nSPS) is 10.5. The maximum Gasteiger partial charge on any atom is 0.276 e. The van der Waals surface area contributed by atoms with Gasteiger partial charge in [0.2, 0.25) is 0 Å². The maximum atomic E-state index is 12.0. The minimum absolute atomic E-state index is 0.246. The first-order chi connectivity index (χ1) is 10.6. The summed E-state index contributed by atoms with van der Waals surface area (Å²) in [6, 6.07) is 10.9. The van der Waals surface area contributed by atoms with Crippen LogP contribution in [0.5, 0.6) is 0 Å². The van der Waals surface area contributed by atoms with Crippen LogP contribution in [0.2, 0.25) is 0 Å². The van der Waals surface area contributed by atoms with Gasteiger partial charge < -0.3 is 5.32 Å². The van der Waals surface area contributed by atoms with Crippen LogP contribution in [0.1, 0.15) is 21.9 Å². The lowest BCUT2D eigenvalue weighted by molar-refractivity contribution is 0.102. The topological polar surface area (TPSA) is 83.6 Å². The van der Waals surface area contributed by atoms with E-state index in [0.29, 0.717) is 17.2 Å². The molecular weight excluding hydrogens is 278 g/mol. The summed E-state index contributed by atoms with van der Waals surface area (Å²) >= 11 is 0. The van der Waals surface area contributed by atoms with Crippen LogP contribution < -0.4 is 5.32 Å². The molecule has 0 aliphatic rings. The first-order valence-electron chi connectivity index (χ1n) is 6.85. The van der Waals surface area contributed by atoms with Crippen LogP contribution in [0.4, 0.5) is 5.69 Å². The van der Waals surface area contributed by atoms with E-state index >= 15 is 0 Å². The fraction of sp³-hybridized carbons (Fsp3) is 0.125. The number of aryl methyl sites for hydroxylation is 2. The third-order valence-corrected chi connectivity index (χ3v) is 3.13. The Morgan fingerprint density at radius 2 is 1.91 bits per heavy atom. The summed E-state index contributed by atoms with van der Waals surface area (Å²) < 4.78 is 0. The number of benzene rings is 1. The summed E-state index contributed by atoms with van der Waals surface area (Å²) in [6.45, 7) is 3.77. The molecule has 0 saturated heterocycles. The molecule has 3 aromatic rings. The molecule has 110 valence electrons. The van der Waals surface area contributed by atoms with Gasteiger partial charge in [-0.2, -0.15) is 5.10 Å². The van der Waals surface area contributed by atoms with E-state index in [9.17, 15) is 4.79 Å². The molecule has 0 unspecified atom stereocenters. The van der Waals surface area contributed by atoms with Gasteiger partial charge in [0.25, 0.3) is 5.91 Å². The van der Waals surface area contributed by atoms with Gasteiger partial charge in [-0.1, -0.05) is 0 Å². The van der Waals surface area contributed by atoms with Crippen LogP contribution in [-0.4, -0.2) is 26.1 Å². The van der Waals surface area contributed by atoms with Gasteiger partial charge in [-0.25, -0.2) is 9.97 Å². The standard InChI is InChI=1S/C16H15N5O/c1-10-7-8-17-15(18-10)12-3-5-13(6-4-12)19-16(22)14-9-11(2)20-21-14/h3-9H,1-2H3,(H,19,22)(H,20,21). The number of anilines is 1. The van der Waals surface area contributed by atoms with Crippen molar-refractivity contribution in [1.82, 2.24) is 20.2 Å². The molecule has 1 aromatic carbocycles. The quantitative estimate of drug-likeness (QED) is 0.777. The number of carbonyl (C=O) groups excluding carboxylic acids is 1. The Hall–Kier alpha value is -3.02. The van der Waals surface area contributed by atoms with Crippen molar-refractivity contribution in [3.8, 4) is 11.4 Å². The summed E-state index contributed by atoms with van der Waals surface area (Å²) in [5, 5.41) is 9.47. The first kappa shape index (κ1) is 13.9. The molecule has 0 fully saturated rings. The molecule has 0 aliphatic heterocycles. The monoisotopic (exact) mass is 293 g/mol.